The van der Waals surface area contributed by atoms with Gasteiger partial charge in [0.25, 0.3) is 0 Å². The zero-order valence-electron chi connectivity index (χ0n) is 11.1. The Morgan fingerprint density at radius 2 is 2.35 bits per heavy atom. The number of alkyl halides is 1. The molecule has 2 aromatic rings. The molecule has 2 rings (SSSR count). The van der Waals surface area contributed by atoms with Crippen molar-refractivity contribution in [3.05, 3.63) is 29.6 Å². The van der Waals surface area contributed by atoms with E-state index in [0.29, 0.717) is 24.5 Å². The first-order valence-electron chi connectivity index (χ1n) is 6.30. The molecule has 6 heteroatoms. The van der Waals surface area contributed by atoms with Gasteiger partial charge in [-0.25, -0.2) is 4.98 Å². The Labute approximate surface area is 121 Å². The highest BCUT2D eigenvalue weighted by atomic mass is 35.5. The lowest BCUT2D eigenvalue weighted by Crippen LogP contribution is -2.15. The van der Waals surface area contributed by atoms with E-state index < -0.39 is 0 Å². The summed E-state index contributed by atoms with van der Waals surface area (Å²) in [7, 11) is 0. The first-order valence-corrected chi connectivity index (χ1v) is 6.84. The van der Waals surface area contributed by atoms with E-state index in [1.54, 1.807) is 29.7 Å². The highest BCUT2D eigenvalue weighted by Gasteiger charge is 2.14. The lowest BCUT2D eigenvalue weighted by molar-refractivity contribution is -0.143. The van der Waals surface area contributed by atoms with Crippen LogP contribution in [0, 0.1) is 11.3 Å². The van der Waals surface area contributed by atoms with Crippen molar-refractivity contribution < 1.29 is 9.53 Å². The smallest absolute Gasteiger partial charge is 0.326 e. The summed E-state index contributed by atoms with van der Waals surface area (Å²) in [6.07, 6.45) is 0.553. The molecule has 0 atom stereocenters. The number of rotatable bonds is 5. The standard InChI is InChI=1S/C14H14ClN3O2/c1-2-20-14(19)9-18-12-7-10(8-16)3-4-11(12)17-13(18)5-6-15/h3-4,7H,2,5-6,9H2,1H3. The minimum Gasteiger partial charge on any atom is -0.465 e. The van der Waals surface area contributed by atoms with Crippen LogP contribution in [-0.4, -0.2) is 28.0 Å². The Kier molecular flexibility index (Phi) is 4.59. The molecule has 0 radical (unpaired) electrons. The molecule has 0 aliphatic carbocycles. The predicted molar refractivity (Wildman–Crippen MR) is 75.5 cm³/mol. The fourth-order valence-corrected chi connectivity index (χ4v) is 2.20. The highest BCUT2D eigenvalue weighted by Crippen LogP contribution is 2.19. The van der Waals surface area contributed by atoms with Gasteiger partial charge in [-0.15, -0.1) is 11.6 Å². The van der Waals surface area contributed by atoms with Crippen LogP contribution in [0.15, 0.2) is 18.2 Å². The van der Waals surface area contributed by atoms with Gasteiger partial charge in [-0.2, -0.15) is 5.26 Å². The minimum absolute atomic E-state index is 0.0748. The molecule has 5 nitrogen and oxygen atoms in total. The normalized spacial score (nSPS) is 10.4. The third-order valence-electron chi connectivity index (χ3n) is 2.87. The average Bonchev–Trinajstić information content (AvgIpc) is 2.77. The number of carbonyl (C=O) groups is 1. The molecular weight excluding hydrogens is 278 g/mol. The third kappa shape index (κ3) is 2.91. The van der Waals surface area contributed by atoms with E-state index >= 15 is 0 Å². The predicted octanol–water partition coefficient (Wildman–Crippen LogP) is 2.25. The Balaban J connectivity index is 2.48. The summed E-state index contributed by atoms with van der Waals surface area (Å²) in [5.74, 6) is 0.806. The van der Waals surface area contributed by atoms with Crippen LogP contribution in [0.1, 0.15) is 18.3 Å². The molecule has 1 aromatic carbocycles. The quantitative estimate of drug-likeness (QED) is 0.626. The fourth-order valence-electron chi connectivity index (χ4n) is 2.03. The Morgan fingerprint density at radius 3 is 3.00 bits per heavy atom. The van der Waals surface area contributed by atoms with Gasteiger partial charge in [0.2, 0.25) is 0 Å². The average molecular weight is 292 g/mol. The lowest BCUT2D eigenvalue weighted by Gasteiger charge is -2.07. The van der Waals surface area contributed by atoms with Crippen molar-refractivity contribution in [3.8, 4) is 6.07 Å². The Morgan fingerprint density at radius 1 is 1.55 bits per heavy atom. The minimum atomic E-state index is -0.329. The van der Waals surface area contributed by atoms with Crippen molar-refractivity contribution in [3.63, 3.8) is 0 Å². The third-order valence-corrected chi connectivity index (χ3v) is 3.06. The number of carbonyl (C=O) groups excluding carboxylic acids is 1. The van der Waals surface area contributed by atoms with Crippen molar-refractivity contribution in [1.29, 1.82) is 5.26 Å². The van der Waals surface area contributed by atoms with Crippen molar-refractivity contribution in [2.45, 2.75) is 19.9 Å². The number of hydrogen-bond donors (Lipinski definition) is 0. The zero-order chi connectivity index (χ0) is 14.5. The highest BCUT2D eigenvalue weighted by molar-refractivity contribution is 6.17. The van der Waals surface area contributed by atoms with E-state index in [9.17, 15) is 4.79 Å². The van der Waals surface area contributed by atoms with Gasteiger partial charge < -0.3 is 9.30 Å². The van der Waals surface area contributed by atoms with E-state index in [1.807, 2.05) is 0 Å². The molecule has 104 valence electrons. The molecule has 0 unspecified atom stereocenters. The number of aryl methyl sites for hydroxylation is 1. The van der Waals surface area contributed by atoms with Crippen LogP contribution in [0.4, 0.5) is 0 Å². The summed E-state index contributed by atoms with van der Waals surface area (Å²) < 4.78 is 6.73. The van der Waals surface area contributed by atoms with Crippen LogP contribution < -0.4 is 0 Å². The zero-order valence-corrected chi connectivity index (χ0v) is 11.9. The summed E-state index contributed by atoms with van der Waals surface area (Å²) in [5, 5.41) is 8.97. The molecule has 0 saturated carbocycles. The number of fused-ring (bicyclic) bond motifs is 1. The second-order valence-corrected chi connectivity index (χ2v) is 4.55. The maximum atomic E-state index is 11.7. The van der Waals surface area contributed by atoms with Crippen molar-refractivity contribution in [2.24, 2.45) is 0 Å². The number of nitriles is 1. The van der Waals surface area contributed by atoms with E-state index in [0.717, 1.165) is 16.9 Å². The monoisotopic (exact) mass is 291 g/mol. The lowest BCUT2D eigenvalue weighted by atomic mass is 10.2. The largest absolute Gasteiger partial charge is 0.465 e. The molecule has 20 heavy (non-hydrogen) atoms. The SMILES string of the molecule is CCOC(=O)Cn1c(CCCl)nc2ccc(C#N)cc21. The number of hydrogen-bond acceptors (Lipinski definition) is 4. The molecule has 0 aliphatic rings. The van der Waals surface area contributed by atoms with Crippen LogP contribution in [0.5, 0.6) is 0 Å². The second kappa shape index (κ2) is 6.40. The van der Waals surface area contributed by atoms with Gasteiger partial charge in [0.15, 0.2) is 0 Å². The Hall–Kier alpha value is -2.06. The molecule has 0 N–H and O–H groups in total. The Bertz CT molecular complexity index is 673. The van der Waals surface area contributed by atoms with Crippen molar-refractivity contribution >= 4 is 28.6 Å². The molecule has 0 saturated heterocycles. The summed E-state index contributed by atoms with van der Waals surface area (Å²) in [6, 6.07) is 7.28. The molecular formula is C14H14ClN3O2. The number of aromatic nitrogens is 2. The van der Waals surface area contributed by atoms with E-state index in [1.165, 1.54) is 0 Å². The van der Waals surface area contributed by atoms with Crippen LogP contribution in [0.3, 0.4) is 0 Å². The molecule has 0 spiro atoms. The van der Waals surface area contributed by atoms with Gasteiger partial charge in [0.1, 0.15) is 12.4 Å². The molecule has 0 bridgehead atoms. The van der Waals surface area contributed by atoms with Crippen LogP contribution in [0.2, 0.25) is 0 Å². The summed E-state index contributed by atoms with van der Waals surface area (Å²) in [5.41, 5.74) is 2.02. The van der Waals surface area contributed by atoms with Gasteiger partial charge in [-0.05, 0) is 25.1 Å². The molecule has 0 fully saturated rings. The summed E-state index contributed by atoms with van der Waals surface area (Å²) in [6.45, 7) is 2.17. The number of benzene rings is 1. The van der Waals surface area contributed by atoms with Crippen molar-refractivity contribution in [2.75, 3.05) is 12.5 Å². The number of ether oxygens (including phenoxy) is 1. The number of imidazole rings is 1. The van der Waals surface area contributed by atoms with Crippen LogP contribution >= 0.6 is 11.6 Å². The summed E-state index contributed by atoms with van der Waals surface area (Å²) >= 11 is 5.77. The van der Waals surface area contributed by atoms with E-state index in [-0.39, 0.29) is 12.5 Å². The maximum Gasteiger partial charge on any atom is 0.326 e. The van der Waals surface area contributed by atoms with Crippen LogP contribution in [-0.2, 0) is 22.5 Å². The fraction of sp³-hybridized carbons (Fsp3) is 0.357. The number of halogens is 1. The van der Waals surface area contributed by atoms with Gasteiger partial charge in [0, 0.05) is 12.3 Å². The molecule has 1 heterocycles. The van der Waals surface area contributed by atoms with Gasteiger partial charge in [-0.1, -0.05) is 0 Å². The van der Waals surface area contributed by atoms with Gasteiger partial charge in [0.05, 0.1) is 29.3 Å². The first-order chi connectivity index (χ1) is 9.69. The van der Waals surface area contributed by atoms with Crippen LogP contribution in [0.25, 0.3) is 11.0 Å². The summed E-state index contributed by atoms with van der Waals surface area (Å²) in [4.78, 5) is 16.1. The number of esters is 1. The number of nitrogens with zero attached hydrogens (tertiary/aromatic N) is 3. The molecule has 0 aliphatic heterocycles. The second-order valence-electron chi connectivity index (χ2n) is 4.17. The first kappa shape index (κ1) is 14.4. The molecule has 0 amide bonds. The topological polar surface area (TPSA) is 67.9 Å². The van der Waals surface area contributed by atoms with E-state index in [2.05, 4.69) is 11.1 Å². The molecule has 1 aromatic heterocycles. The van der Waals surface area contributed by atoms with Gasteiger partial charge in [-0.3, -0.25) is 4.79 Å². The van der Waals surface area contributed by atoms with Crippen molar-refractivity contribution in [1.82, 2.24) is 9.55 Å². The maximum absolute atomic E-state index is 11.7. The van der Waals surface area contributed by atoms with Gasteiger partial charge >= 0.3 is 5.97 Å². The van der Waals surface area contributed by atoms with E-state index in [4.69, 9.17) is 21.6 Å².